The minimum atomic E-state index is -0.365. The van der Waals surface area contributed by atoms with Gasteiger partial charge in [-0.25, -0.2) is 0 Å². The highest BCUT2D eigenvalue weighted by molar-refractivity contribution is 6.65. The van der Waals surface area contributed by atoms with Gasteiger partial charge < -0.3 is 9.31 Å². The van der Waals surface area contributed by atoms with Crippen LogP contribution in [0.15, 0.2) is 18.2 Å². The first-order valence-corrected chi connectivity index (χ1v) is 7.33. The van der Waals surface area contributed by atoms with Crippen molar-refractivity contribution in [1.82, 2.24) is 0 Å². The fourth-order valence-corrected chi connectivity index (χ4v) is 2.59. The third-order valence-electron chi connectivity index (χ3n) is 4.58. The number of hydrogen-bond acceptors (Lipinski definition) is 2. The Labute approximate surface area is 120 Å². The Hall–Kier alpha value is -0.505. The Morgan fingerprint density at radius 3 is 2.21 bits per heavy atom. The monoisotopic (exact) mass is 278 g/mol. The zero-order chi connectivity index (χ0) is 13.8. The van der Waals surface area contributed by atoms with Crippen LogP contribution in [0.5, 0.6) is 0 Å². The summed E-state index contributed by atoms with van der Waals surface area (Å²) in [5, 5.41) is 0.725. The van der Waals surface area contributed by atoms with Gasteiger partial charge in [0.25, 0.3) is 0 Å². The zero-order valence-electron chi connectivity index (χ0n) is 12.0. The van der Waals surface area contributed by atoms with E-state index in [4.69, 9.17) is 20.9 Å². The molecule has 0 amide bonds. The van der Waals surface area contributed by atoms with Gasteiger partial charge in [-0.3, -0.25) is 0 Å². The molecule has 1 saturated carbocycles. The molecule has 1 aliphatic carbocycles. The van der Waals surface area contributed by atoms with Crippen molar-refractivity contribution in [1.29, 1.82) is 0 Å². The molecule has 0 spiro atoms. The van der Waals surface area contributed by atoms with E-state index < -0.39 is 0 Å². The maximum Gasteiger partial charge on any atom is 0.496 e. The lowest BCUT2D eigenvalue weighted by Crippen LogP contribution is -2.41. The van der Waals surface area contributed by atoms with Crippen LogP contribution >= 0.6 is 11.6 Å². The first kappa shape index (κ1) is 13.5. The van der Waals surface area contributed by atoms with Crippen LogP contribution in [-0.2, 0) is 9.31 Å². The molecule has 1 aliphatic heterocycles. The van der Waals surface area contributed by atoms with Gasteiger partial charge in [0.15, 0.2) is 0 Å². The summed E-state index contributed by atoms with van der Waals surface area (Å²) in [6.07, 6.45) is 2.56. The van der Waals surface area contributed by atoms with E-state index in [9.17, 15) is 0 Å². The van der Waals surface area contributed by atoms with Gasteiger partial charge in [-0.2, -0.15) is 0 Å². The highest BCUT2D eigenvalue weighted by Gasteiger charge is 2.52. The molecule has 4 heteroatoms. The summed E-state index contributed by atoms with van der Waals surface area (Å²) in [7, 11) is -0.365. The van der Waals surface area contributed by atoms with Gasteiger partial charge in [0.1, 0.15) is 0 Å². The number of benzene rings is 1. The Bertz CT molecular complexity index is 493. The summed E-state index contributed by atoms with van der Waals surface area (Å²) in [5.41, 5.74) is 1.67. The van der Waals surface area contributed by atoms with Crippen LogP contribution in [0.4, 0.5) is 0 Å². The summed E-state index contributed by atoms with van der Waals surface area (Å²) in [4.78, 5) is 0. The largest absolute Gasteiger partial charge is 0.496 e. The summed E-state index contributed by atoms with van der Waals surface area (Å²) in [5.74, 6) is 0.707. The first-order chi connectivity index (χ1) is 8.80. The SMILES string of the molecule is CC1(C)OB(c2cc(C3CC3)ccc2Cl)OC1(C)C. The third kappa shape index (κ3) is 2.33. The molecule has 0 radical (unpaired) electrons. The fraction of sp³-hybridized carbons (Fsp3) is 0.600. The second-order valence-electron chi connectivity index (χ2n) is 6.64. The van der Waals surface area contributed by atoms with Gasteiger partial charge >= 0.3 is 7.12 Å². The normalized spacial score (nSPS) is 24.8. The van der Waals surface area contributed by atoms with E-state index >= 15 is 0 Å². The first-order valence-electron chi connectivity index (χ1n) is 6.95. The van der Waals surface area contributed by atoms with Gasteiger partial charge in [-0.15, -0.1) is 0 Å². The van der Waals surface area contributed by atoms with Crippen LogP contribution in [0.25, 0.3) is 0 Å². The lowest BCUT2D eigenvalue weighted by Gasteiger charge is -2.32. The lowest BCUT2D eigenvalue weighted by molar-refractivity contribution is 0.00578. The summed E-state index contributed by atoms with van der Waals surface area (Å²) >= 11 is 6.33. The molecule has 19 heavy (non-hydrogen) atoms. The molecule has 2 fully saturated rings. The quantitative estimate of drug-likeness (QED) is 0.771. The Morgan fingerprint density at radius 1 is 1.11 bits per heavy atom. The van der Waals surface area contributed by atoms with Crippen LogP contribution < -0.4 is 5.46 Å². The van der Waals surface area contributed by atoms with Gasteiger partial charge in [-0.1, -0.05) is 23.7 Å². The predicted octanol–water partition coefficient (Wildman–Crippen LogP) is 3.52. The summed E-state index contributed by atoms with van der Waals surface area (Å²) < 4.78 is 12.2. The van der Waals surface area contributed by atoms with Crippen molar-refractivity contribution in [3.63, 3.8) is 0 Å². The highest BCUT2D eigenvalue weighted by Crippen LogP contribution is 2.41. The molecule has 1 saturated heterocycles. The average molecular weight is 279 g/mol. The molecule has 0 unspecified atom stereocenters. The molecule has 102 valence electrons. The van der Waals surface area contributed by atoms with E-state index in [0.29, 0.717) is 5.92 Å². The van der Waals surface area contributed by atoms with Crippen LogP contribution in [-0.4, -0.2) is 18.3 Å². The van der Waals surface area contributed by atoms with Gasteiger partial charge in [0.2, 0.25) is 0 Å². The average Bonchev–Trinajstić information content (AvgIpc) is 3.08. The minimum Gasteiger partial charge on any atom is -0.399 e. The molecule has 2 nitrogen and oxygen atoms in total. The van der Waals surface area contributed by atoms with E-state index in [1.165, 1.54) is 18.4 Å². The molecular formula is C15H20BClO2. The minimum absolute atomic E-state index is 0.323. The molecule has 0 bridgehead atoms. The van der Waals surface area contributed by atoms with Crippen molar-refractivity contribution in [2.75, 3.05) is 0 Å². The Kier molecular flexibility index (Phi) is 3.01. The molecule has 1 aromatic carbocycles. The Balaban J connectivity index is 1.92. The van der Waals surface area contributed by atoms with Crippen molar-refractivity contribution in [3.8, 4) is 0 Å². The fourth-order valence-electron chi connectivity index (χ4n) is 2.38. The highest BCUT2D eigenvalue weighted by atomic mass is 35.5. The van der Waals surface area contributed by atoms with Crippen molar-refractivity contribution in [2.45, 2.75) is 57.7 Å². The lowest BCUT2D eigenvalue weighted by atomic mass is 9.78. The summed E-state index contributed by atoms with van der Waals surface area (Å²) in [6, 6.07) is 6.24. The van der Waals surface area contributed by atoms with Crippen molar-refractivity contribution in [2.24, 2.45) is 0 Å². The summed E-state index contributed by atoms with van der Waals surface area (Å²) in [6.45, 7) is 8.24. The van der Waals surface area contributed by atoms with Gasteiger partial charge in [0, 0.05) is 10.5 Å². The standard InChI is InChI=1S/C15H20BClO2/c1-14(2)15(3,4)19-16(18-14)12-9-11(10-5-6-10)7-8-13(12)17/h7-10H,5-6H2,1-4H3. The molecular weight excluding hydrogens is 258 g/mol. The van der Waals surface area contributed by atoms with Crippen molar-refractivity contribution >= 4 is 24.2 Å². The molecule has 2 aliphatic rings. The zero-order valence-corrected chi connectivity index (χ0v) is 12.8. The molecule has 1 aromatic rings. The van der Waals surface area contributed by atoms with E-state index in [1.807, 2.05) is 6.07 Å². The second-order valence-corrected chi connectivity index (χ2v) is 7.05. The van der Waals surface area contributed by atoms with E-state index in [2.05, 4.69) is 39.8 Å². The number of halogens is 1. The Morgan fingerprint density at radius 2 is 1.68 bits per heavy atom. The third-order valence-corrected chi connectivity index (χ3v) is 4.92. The maximum absolute atomic E-state index is 6.33. The number of rotatable bonds is 2. The molecule has 0 aromatic heterocycles. The van der Waals surface area contributed by atoms with E-state index in [1.54, 1.807) is 0 Å². The van der Waals surface area contributed by atoms with Crippen molar-refractivity contribution < 1.29 is 9.31 Å². The van der Waals surface area contributed by atoms with Crippen LogP contribution in [0.2, 0.25) is 5.02 Å². The smallest absolute Gasteiger partial charge is 0.399 e. The van der Waals surface area contributed by atoms with Crippen molar-refractivity contribution in [3.05, 3.63) is 28.8 Å². The van der Waals surface area contributed by atoms with Crippen LogP contribution in [0.1, 0.15) is 52.0 Å². The molecule has 0 N–H and O–H groups in total. The van der Waals surface area contributed by atoms with E-state index in [0.717, 1.165) is 10.5 Å². The van der Waals surface area contributed by atoms with Gasteiger partial charge in [0.05, 0.1) is 11.2 Å². The topological polar surface area (TPSA) is 18.5 Å². The second kappa shape index (κ2) is 4.24. The van der Waals surface area contributed by atoms with Gasteiger partial charge in [-0.05, 0) is 58.1 Å². The number of hydrogen-bond donors (Lipinski definition) is 0. The van der Waals surface area contributed by atoms with Crippen LogP contribution in [0, 0.1) is 0 Å². The predicted molar refractivity (Wildman–Crippen MR) is 79.1 cm³/mol. The molecule has 1 heterocycles. The van der Waals surface area contributed by atoms with E-state index in [-0.39, 0.29) is 18.3 Å². The molecule has 3 rings (SSSR count). The maximum atomic E-state index is 6.33. The molecule has 0 atom stereocenters. The van der Waals surface area contributed by atoms with Crippen LogP contribution in [0.3, 0.4) is 0 Å².